The van der Waals surface area contributed by atoms with Gasteiger partial charge in [0, 0.05) is 13.1 Å². The summed E-state index contributed by atoms with van der Waals surface area (Å²) in [4.78, 5) is 13.3. The fraction of sp³-hybridized carbons (Fsp3) is 0.929. The van der Waals surface area contributed by atoms with Gasteiger partial charge in [0.2, 0.25) is 5.91 Å². The Morgan fingerprint density at radius 1 is 1.25 bits per heavy atom. The Hall–Kier alpha value is -0.280. The van der Waals surface area contributed by atoms with Crippen LogP contribution >= 0.6 is 24.8 Å². The normalized spacial score (nSPS) is 23.0. The van der Waals surface area contributed by atoms with Crippen molar-refractivity contribution >= 4 is 30.7 Å². The van der Waals surface area contributed by atoms with Gasteiger partial charge in [-0.2, -0.15) is 13.2 Å². The lowest BCUT2D eigenvalue weighted by atomic mass is 9.93. The summed E-state index contributed by atoms with van der Waals surface area (Å²) in [6, 6.07) is -0.289. The van der Waals surface area contributed by atoms with Gasteiger partial charge in [-0.25, -0.2) is 0 Å². The number of nitrogens with zero attached hydrogens (tertiary/aromatic N) is 1. The number of carbonyl (C=O) groups is 1. The first-order valence-corrected chi connectivity index (χ1v) is 7.82. The lowest BCUT2D eigenvalue weighted by Gasteiger charge is -2.32. The van der Waals surface area contributed by atoms with Crippen LogP contribution < -0.4 is 10.6 Å². The fourth-order valence-electron chi connectivity index (χ4n) is 2.94. The third-order valence-corrected chi connectivity index (χ3v) is 4.20. The highest BCUT2D eigenvalue weighted by Gasteiger charge is 2.32. The quantitative estimate of drug-likeness (QED) is 0.742. The number of ether oxygens (including phenoxy) is 1. The number of rotatable bonds is 5. The highest BCUT2D eigenvalue weighted by Crippen LogP contribution is 2.23. The number of hydrogen-bond acceptors (Lipinski definition) is 4. The van der Waals surface area contributed by atoms with E-state index in [1.54, 1.807) is 0 Å². The van der Waals surface area contributed by atoms with Gasteiger partial charge in [0.15, 0.2) is 0 Å². The molecule has 0 saturated carbocycles. The van der Waals surface area contributed by atoms with E-state index in [0.29, 0.717) is 45.3 Å². The highest BCUT2D eigenvalue weighted by atomic mass is 35.5. The van der Waals surface area contributed by atoms with Gasteiger partial charge in [-0.15, -0.1) is 24.8 Å². The van der Waals surface area contributed by atoms with Crippen molar-refractivity contribution in [3.63, 3.8) is 0 Å². The van der Waals surface area contributed by atoms with E-state index in [1.165, 1.54) is 4.90 Å². The largest absolute Gasteiger partial charge is 0.401 e. The fourth-order valence-corrected chi connectivity index (χ4v) is 2.94. The summed E-state index contributed by atoms with van der Waals surface area (Å²) in [5.74, 6) is 0.328. The molecule has 24 heavy (non-hydrogen) atoms. The number of nitrogens with one attached hydrogen (secondary N) is 2. The number of amides is 1. The van der Waals surface area contributed by atoms with E-state index >= 15 is 0 Å². The molecule has 5 nitrogen and oxygen atoms in total. The number of likely N-dealkylation sites (tertiary alicyclic amines) is 1. The molecular formula is C14H26Cl2F3N3O2. The minimum atomic E-state index is -4.12. The zero-order valence-corrected chi connectivity index (χ0v) is 15.1. The number of carbonyl (C=O) groups excluding carboxylic acids is 1. The molecule has 0 aromatic heterocycles. The first kappa shape index (κ1) is 23.7. The molecule has 2 heterocycles. The minimum absolute atomic E-state index is 0. The van der Waals surface area contributed by atoms with Crippen LogP contribution in [0.2, 0.25) is 0 Å². The Kier molecular flexibility index (Phi) is 11.2. The van der Waals surface area contributed by atoms with Gasteiger partial charge in [0.05, 0.1) is 19.8 Å². The number of hydrogen-bond donors (Lipinski definition) is 2. The van der Waals surface area contributed by atoms with Gasteiger partial charge in [-0.1, -0.05) is 0 Å². The standard InChI is InChI=1S/C14H24F3N3O2.2ClH/c15-14(16,17)10-20-6-2-11(3-7-20)1-4-19-13(21)12-9-22-8-5-18-12;;/h11-12,18H,1-10H2,(H,19,21);2*1H. The van der Waals surface area contributed by atoms with E-state index in [2.05, 4.69) is 10.6 Å². The van der Waals surface area contributed by atoms with Gasteiger partial charge in [-0.3, -0.25) is 9.69 Å². The molecule has 0 aromatic rings. The minimum Gasteiger partial charge on any atom is -0.378 e. The van der Waals surface area contributed by atoms with Gasteiger partial charge < -0.3 is 15.4 Å². The number of morpholine rings is 1. The van der Waals surface area contributed by atoms with Crippen molar-refractivity contribution in [3.8, 4) is 0 Å². The zero-order chi connectivity index (χ0) is 16.0. The topological polar surface area (TPSA) is 53.6 Å². The molecule has 2 aliphatic heterocycles. The zero-order valence-electron chi connectivity index (χ0n) is 13.4. The Balaban J connectivity index is 0.00000264. The van der Waals surface area contributed by atoms with Gasteiger partial charge in [-0.05, 0) is 38.3 Å². The highest BCUT2D eigenvalue weighted by molar-refractivity contribution is 5.85. The first-order valence-electron chi connectivity index (χ1n) is 7.82. The third kappa shape index (κ3) is 8.71. The second kappa shape index (κ2) is 11.4. The summed E-state index contributed by atoms with van der Waals surface area (Å²) in [7, 11) is 0. The summed E-state index contributed by atoms with van der Waals surface area (Å²) in [5.41, 5.74) is 0. The van der Waals surface area contributed by atoms with Crippen molar-refractivity contribution < 1.29 is 22.7 Å². The molecule has 0 radical (unpaired) electrons. The van der Waals surface area contributed by atoms with E-state index in [4.69, 9.17) is 4.74 Å². The summed E-state index contributed by atoms with van der Waals surface area (Å²) >= 11 is 0. The predicted molar refractivity (Wildman–Crippen MR) is 90.0 cm³/mol. The van der Waals surface area contributed by atoms with Crippen LogP contribution in [0.1, 0.15) is 19.3 Å². The second-order valence-corrected chi connectivity index (χ2v) is 6.00. The SMILES string of the molecule is Cl.Cl.O=C(NCCC1CCN(CC(F)(F)F)CC1)C1COCCN1. The van der Waals surface area contributed by atoms with Crippen molar-refractivity contribution in [2.45, 2.75) is 31.5 Å². The predicted octanol–water partition coefficient (Wildman–Crippen LogP) is 1.60. The molecule has 0 aromatic carbocycles. The van der Waals surface area contributed by atoms with Crippen LogP contribution in [0.3, 0.4) is 0 Å². The molecule has 0 spiro atoms. The summed E-state index contributed by atoms with van der Waals surface area (Å²) in [6.45, 7) is 2.41. The van der Waals surface area contributed by atoms with Gasteiger partial charge in [0.1, 0.15) is 6.04 Å². The van der Waals surface area contributed by atoms with E-state index < -0.39 is 12.7 Å². The van der Waals surface area contributed by atoms with Gasteiger partial charge >= 0.3 is 6.18 Å². The van der Waals surface area contributed by atoms with Crippen LogP contribution in [-0.2, 0) is 9.53 Å². The molecule has 2 saturated heterocycles. The van der Waals surface area contributed by atoms with Crippen LogP contribution in [0.15, 0.2) is 0 Å². The van der Waals surface area contributed by atoms with Crippen LogP contribution in [0.5, 0.6) is 0 Å². The van der Waals surface area contributed by atoms with Crippen LogP contribution in [-0.4, -0.2) is 69.0 Å². The Morgan fingerprint density at radius 2 is 1.92 bits per heavy atom. The maximum atomic E-state index is 12.3. The van der Waals surface area contributed by atoms with E-state index in [1.807, 2.05) is 0 Å². The Bertz CT molecular complexity index is 362. The number of halogens is 5. The van der Waals surface area contributed by atoms with E-state index in [0.717, 1.165) is 19.3 Å². The second-order valence-electron chi connectivity index (χ2n) is 6.00. The molecule has 2 rings (SSSR count). The molecule has 1 amide bonds. The maximum absolute atomic E-state index is 12.3. The number of alkyl halides is 3. The molecule has 2 aliphatic rings. The van der Waals surface area contributed by atoms with Gasteiger partial charge in [0.25, 0.3) is 0 Å². The van der Waals surface area contributed by atoms with Crippen molar-refractivity contribution in [1.29, 1.82) is 0 Å². The molecule has 144 valence electrons. The molecular weight excluding hydrogens is 370 g/mol. The molecule has 0 bridgehead atoms. The molecule has 2 fully saturated rings. The van der Waals surface area contributed by atoms with Crippen molar-refractivity contribution in [1.82, 2.24) is 15.5 Å². The average molecular weight is 396 g/mol. The lowest BCUT2D eigenvalue weighted by Crippen LogP contribution is -2.51. The van der Waals surface area contributed by atoms with Crippen LogP contribution in [0.25, 0.3) is 0 Å². The third-order valence-electron chi connectivity index (χ3n) is 4.20. The monoisotopic (exact) mass is 395 g/mol. The van der Waals surface area contributed by atoms with E-state index in [-0.39, 0.29) is 36.8 Å². The average Bonchev–Trinajstić information content (AvgIpc) is 2.48. The molecule has 2 N–H and O–H groups in total. The van der Waals surface area contributed by atoms with Crippen LogP contribution in [0, 0.1) is 5.92 Å². The van der Waals surface area contributed by atoms with Crippen molar-refractivity contribution in [3.05, 3.63) is 0 Å². The maximum Gasteiger partial charge on any atom is 0.401 e. The Morgan fingerprint density at radius 3 is 2.46 bits per heavy atom. The molecule has 10 heteroatoms. The summed E-state index contributed by atoms with van der Waals surface area (Å²) < 4.78 is 42.1. The summed E-state index contributed by atoms with van der Waals surface area (Å²) in [6.07, 6.45) is -1.78. The molecule has 0 aliphatic carbocycles. The Labute approximate surface area is 152 Å². The summed E-state index contributed by atoms with van der Waals surface area (Å²) in [5, 5.41) is 5.96. The first-order chi connectivity index (χ1) is 10.4. The van der Waals surface area contributed by atoms with Crippen LogP contribution in [0.4, 0.5) is 13.2 Å². The smallest absolute Gasteiger partial charge is 0.378 e. The molecule has 1 unspecified atom stereocenters. The number of piperidine rings is 1. The van der Waals surface area contributed by atoms with E-state index in [9.17, 15) is 18.0 Å². The molecule has 1 atom stereocenters. The van der Waals surface area contributed by atoms with Crippen molar-refractivity contribution in [2.75, 3.05) is 45.9 Å². The van der Waals surface area contributed by atoms with Crippen molar-refractivity contribution in [2.24, 2.45) is 5.92 Å². The lowest BCUT2D eigenvalue weighted by molar-refractivity contribution is -0.148.